The minimum atomic E-state index is -0.761. The highest BCUT2D eigenvalue weighted by atomic mass is 16.6. The molecule has 0 unspecified atom stereocenters. The predicted octanol–water partition coefficient (Wildman–Crippen LogP) is 18.9. The van der Waals surface area contributed by atoms with Crippen LogP contribution >= 0.6 is 0 Å². The Balaban J connectivity index is 4.19. The summed E-state index contributed by atoms with van der Waals surface area (Å²) in [6, 6.07) is 0. The quantitative estimate of drug-likeness (QED) is 0.0344. The number of hydrogen-bond acceptors (Lipinski definition) is 6. The van der Waals surface area contributed by atoms with Crippen LogP contribution in [0, 0.1) is 11.8 Å². The monoisotopic (exact) mass is 905 g/mol. The van der Waals surface area contributed by atoms with Crippen molar-refractivity contribution in [2.75, 3.05) is 13.2 Å². The van der Waals surface area contributed by atoms with E-state index in [-0.39, 0.29) is 31.1 Å². The molecule has 6 nitrogen and oxygen atoms in total. The van der Waals surface area contributed by atoms with E-state index in [2.05, 4.69) is 34.6 Å². The molecular formula is C58H112O6. The Morgan fingerprint density at radius 3 is 0.766 bits per heavy atom. The molecule has 64 heavy (non-hydrogen) atoms. The molecule has 0 aromatic heterocycles. The Labute approximate surface area is 399 Å². The summed E-state index contributed by atoms with van der Waals surface area (Å²) in [6.45, 7) is 11.4. The van der Waals surface area contributed by atoms with Crippen LogP contribution in [0.1, 0.15) is 324 Å². The van der Waals surface area contributed by atoms with E-state index < -0.39 is 6.10 Å². The number of unbranched alkanes of at least 4 members (excludes halogenated alkanes) is 37. The molecule has 0 aromatic carbocycles. The summed E-state index contributed by atoms with van der Waals surface area (Å²) in [6.07, 6.45) is 53.9. The highest BCUT2D eigenvalue weighted by molar-refractivity contribution is 5.71. The summed E-state index contributed by atoms with van der Waals surface area (Å²) in [7, 11) is 0. The molecule has 0 aliphatic carbocycles. The molecule has 0 radical (unpaired) electrons. The highest BCUT2D eigenvalue weighted by Gasteiger charge is 2.19. The third-order valence-corrected chi connectivity index (χ3v) is 13.2. The van der Waals surface area contributed by atoms with Gasteiger partial charge in [-0.05, 0) is 31.1 Å². The van der Waals surface area contributed by atoms with Gasteiger partial charge in [0.25, 0.3) is 0 Å². The zero-order chi connectivity index (χ0) is 46.8. The molecule has 0 spiro atoms. The fourth-order valence-corrected chi connectivity index (χ4v) is 8.87. The number of carbonyl (C=O) groups excluding carboxylic acids is 3. The van der Waals surface area contributed by atoms with E-state index in [1.807, 2.05) is 0 Å². The van der Waals surface area contributed by atoms with Crippen molar-refractivity contribution in [2.24, 2.45) is 11.8 Å². The maximum atomic E-state index is 12.8. The average Bonchev–Trinajstić information content (AvgIpc) is 3.27. The summed E-state index contributed by atoms with van der Waals surface area (Å²) in [5.74, 6) is 0.851. The van der Waals surface area contributed by atoms with Crippen LogP contribution < -0.4 is 0 Å². The molecule has 0 aromatic rings. The van der Waals surface area contributed by atoms with Crippen LogP contribution in [0.5, 0.6) is 0 Å². The number of ether oxygens (including phenoxy) is 3. The fourth-order valence-electron chi connectivity index (χ4n) is 8.87. The Morgan fingerprint density at radius 2 is 0.516 bits per heavy atom. The molecule has 380 valence electrons. The largest absolute Gasteiger partial charge is 0.462 e. The van der Waals surface area contributed by atoms with E-state index in [4.69, 9.17) is 14.2 Å². The van der Waals surface area contributed by atoms with Crippen LogP contribution in [0.15, 0.2) is 0 Å². The predicted molar refractivity (Wildman–Crippen MR) is 275 cm³/mol. The summed E-state index contributed by atoms with van der Waals surface area (Å²) in [5.41, 5.74) is 0. The van der Waals surface area contributed by atoms with Crippen LogP contribution in [0.2, 0.25) is 0 Å². The van der Waals surface area contributed by atoms with Gasteiger partial charge in [-0.2, -0.15) is 0 Å². The van der Waals surface area contributed by atoms with Gasteiger partial charge < -0.3 is 14.2 Å². The van der Waals surface area contributed by atoms with E-state index in [1.54, 1.807) is 0 Å². The zero-order valence-corrected chi connectivity index (χ0v) is 43.9. The van der Waals surface area contributed by atoms with Crippen molar-refractivity contribution < 1.29 is 28.6 Å². The lowest BCUT2D eigenvalue weighted by molar-refractivity contribution is -0.167. The summed E-state index contributed by atoms with van der Waals surface area (Å²) in [5, 5.41) is 0. The van der Waals surface area contributed by atoms with Gasteiger partial charge in [-0.15, -0.1) is 0 Å². The van der Waals surface area contributed by atoms with E-state index >= 15 is 0 Å². The van der Waals surface area contributed by atoms with Gasteiger partial charge in [-0.25, -0.2) is 0 Å². The van der Waals surface area contributed by atoms with Gasteiger partial charge in [0.15, 0.2) is 6.10 Å². The van der Waals surface area contributed by atoms with Gasteiger partial charge in [0, 0.05) is 19.3 Å². The molecule has 0 saturated heterocycles. The van der Waals surface area contributed by atoms with E-state index in [0.717, 1.165) is 69.6 Å². The molecule has 0 heterocycles. The van der Waals surface area contributed by atoms with Crippen LogP contribution in [-0.2, 0) is 28.6 Å². The molecule has 0 N–H and O–H groups in total. The van der Waals surface area contributed by atoms with Gasteiger partial charge in [0.05, 0.1) is 0 Å². The van der Waals surface area contributed by atoms with Crippen molar-refractivity contribution in [1.29, 1.82) is 0 Å². The van der Waals surface area contributed by atoms with Gasteiger partial charge in [0.1, 0.15) is 13.2 Å². The number of rotatable bonds is 52. The molecule has 0 aliphatic heterocycles. The van der Waals surface area contributed by atoms with Crippen molar-refractivity contribution in [3.8, 4) is 0 Å². The van der Waals surface area contributed by atoms with Gasteiger partial charge in [-0.1, -0.05) is 285 Å². The van der Waals surface area contributed by atoms with Crippen molar-refractivity contribution in [2.45, 2.75) is 330 Å². The Morgan fingerprint density at radius 1 is 0.297 bits per heavy atom. The molecule has 0 rings (SSSR count). The smallest absolute Gasteiger partial charge is 0.306 e. The Kier molecular flexibility index (Phi) is 49.6. The van der Waals surface area contributed by atoms with Crippen LogP contribution in [0.25, 0.3) is 0 Å². The number of hydrogen-bond donors (Lipinski definition) is 0. The lowest BCUT2D eigenvalue weighted by atomic mass is 10.0. The second kappa shape index (κ2) is 50.8. The van der Waals surface area contributed by atoms with Gasteiger partial charge in [-0.3, -0.25) is 14.4 Å². The van der Waals surface area contributed by atoms with E-state index in [1.165, 1.54) is 212 Å². The maximum absolute atomic E-state index is 12.8. The third kappa shape index (κ3) is 51.4. The molecule has 0 aliphatic rings. The topological polar surface area (TPSA) is 78.9 Å². The summed E-state index contributed by atoms with van der Waals surface area (Å²) < 4.78 is 16.9. The lowest BCUT2D eigenvalue weighted by Crippen LogP contribution is -2.30. The first-order valence-electron chi connectivity index (χ1n) is 28.7. The first-order chi connectivity index (χ1) is 31.2. The van der Waals surface area contributed by atoms with Crippen molar-refractivity contribution in [3.05, 3.63) is 0 Å². The van der Waals surface area contributed by atoms with E-state index in [9.17, 15) is 14.4 Å². The van der Waals surface area contributed by atoms with Crippen molar-refractivity contribution in [3.63, 3.8) is 0 Å². The minimum Gasteiger partial charge on any atom is -0.462 e. The van der Waals surface area contributed by atoms with Gasteiger partial charge >= 0.3 is 17.9 Å². The van der Waals surface area contributed by atoms with Gasteiger partial charge in [0.2, 0.25) is 0 Å². The molecule has 0 amide bonds. The van der Waals surface area contributed by atoms with Crippen molar-refractivity contribution >= 4 is 17.9 Å². The SMILES string of the molecule is CCCCCCCCCCCCC(=O)O[C@@H](COC(=O)CCCCCCCCCCCCCCCCCCCCC(C)C)COC(=O)CCCCCCCCCCCCCCC(C)C. The molecular weight excluding hydrogens is 793 g/mol. The fraction of sp³-hybridized carbons (Fsp3) is 0.948. The molecule has 1 atom stereocenters. The molecule has 6 heteroatoms. The highest BCUT2D eigenvalue weighted by Crippen LogP contribution is 2.18. The molecule has 0 bridgehead atoms. The first-order valence-corrected chi connectivity index (χ1v) is 28.7. The van der Waals surface area contributed by atoms with E-state index in [0.29, 0.717) is 19.3 Å². The molecule has 0 fully saturated rings. The van der Waals surface area contributed by atoms with Crippen LogP contribution in [0.3, 0.4) is 0 Å². The zero-order valence-electron chi connectivity index (χ0n) is 43.9. The summed E-state index contributed by atoms with van der Waals surface area (Å²) in [4.78, 5) is 38.0. The Hall–Kier alpha value is -1.59. The number of carbonyl (C=O) groups is 3. The van der Waals surface area contributed by atoms with Crippen LogP contribution in [-0.4, -0.2) is 37.2 Å². The molecule has 0 saturated carbocycles. The lowest BCUT2D eigenvalue weighted by Gasteiger charge is -2.18. The average molecular weight is 906 g/mol. The van der Waals surface area contributed by atoms with Crippen LogP contribution in [0.4, 0.5) is 0 Å². The standard InChI is InChI=1S/C58H112O6/c1-6-7-8-9-10-11-28-35-40-45-50-58(61)64-55(52-63-57(60)49-44-39-34-30-25-21-20-23-27-32-37-42-47-54(4)5)51-62-56(59)48-43-38-33-29-24-19-17-15-13-12-14-16-18-22-26-31-36-41-46-53(2)3/h53-55H,6-52H2,1-5H3/t55-/m0/s1. The minimum absolute atomic E-state index is 0.0628. The second-order valence-electron chi connectivity index (χ2n) is 20.9. The normalized spacial score (nSPS) is 12.0. The third-order valence-electron chi connectivity index (χ3n) is 13.2. The Bertz CT molecular complexity index is 978. The summed E-state index contributed by atoms with van der Waals surface area (Å²) >= 11 is 0. The van der Waals surface area contributed by atoms with Crippen molar-refractivity contribution in [1.82, 2.24) is 0 Å². The number of esters is 3. The maximum Gasteiger partial charge on any atom is 0.306 e. The second-order valence-corrected chi connectivity index (χ2v) is 20.9. The first kappa shape index (κ1) is 62.4.